The number of hydrogen-bond acceptors (Lipinski definition) is 5. The van der Waals surface area contributed by atoms with Crippen molar-refractivity contribution in [2.45, 2.75) is 32.6 Å². The molecular formula is C20H25N3O3S2. The van der Waals surface area contributed by atoms with E-state index in [0.29, 0.717) is 23.0 Å². The molecule has 1 aromatic carbocycles. The van der Waals surface area contributed by atoms with Crippen LogP contribution in [0.3, 0.4) is 0 Å². The number of carbonyl (C=O) groups excluding carboxylic acids is 2. The Morgan fingerprint density at radius 2 is 1.82 bits per heavy atom. The number of carbonyl (C=O) groups is 2. The van der Waals surface area contributed by atoms with E-state index in [1.54, 1.807) is 0 Å². The highest BCUT2D eigenvalue weighted by atomic mass is 32.1. The number of esters is 1. The zero-order valence-corrected chi connectivity index (χ0v) is 17.7. The number of nitrogens with one attached hydrogen (secondary N) is 3. The molecule has 0 spiro atoms. The molecule has 2 aromatic rings. The molecule has 3 N–H and O–H groups in total. The van der Waals surface area contributed by atoms with E-state index in [-0.39, 0.29) is 11.9 Å². The second kappa shape index (κ2) is 11.4. The highest BCUT2D eigenvalue weighted by molar-refractivity contribution is 7.80. The van der Waals surface area contributed by atoms with Crippen molar-refractivity contribution in [3.05, 3.63) is 46.2 Å². The lowest BCUT2D eigenvalue weighted by Gasteiger charge is -2.12. The van der Waals surface area contributed by atoms with Crippen molar-refractivity contribution in [2.75, 3.05) is 13.7 Å². The first kappa shape index (κ1) is 21.8. The molecule has 28 heavy (non-hydrogen) atoms. The molecule has 0 atom stereocenters. The van der Waals surface area contributed by atoms with Gasteiger partial charge in [-0.3, -0.25) is 20.4 Å². The molecule has 0 saturated heterocycles. The third kappa shape index (κ3) is 6.94. The van der Waals surface area contributed by atoms with E-state index in [0.717, 1.165) is 30.4 Å². The van der Waals surface area contributed by atoms with Gasteiger partial charge in [0.1, 0.15) is 4.88 Å². The van der Waals surface area contributed by atoms with E-state index in [1.165, 1.54) is 24.0 Å². The van der Waals surface area contributed by atoms with Crippen LogP contribution in [-0.4, -0.2) is 30.6 Å². The van der Waals surface area contributed by atoms with Crippen LogP contribution in [0.4, 0.5) is 0 Å². The van der Waals surface area contributed by atoms with E-state index < -0.39 is 0 Å². The Balaban J connectivity index is 1.72. The van der Waals surface area contributed by atoms with Gasteiger partial charge in [0.15, 0.2) is 5.11 Å². The van der Waals surface area contributed by atoms with Gasteiger partial charge in [0, 0.05) is 18.5 Å². The minimum Gasteiger partial charge on any atom is -0.469 e. The Kier molecular flexibility index (Phi) is 8.90. The van der Waals surface area contributed by atoms with Crippen molar-refractivity contribution in [1.82, 2.24) is 16.2 Å². The average Bonchev–Trinajstić information content (AvgIpc) is 3.19. The SMILES string of the molecule is COC(=O)CCCCCNC(=S)NNC(=O)c1sccc1-c1ccc(C)cc1. The smallest absolute Gasteiger partial charge is 0.305 e. The van der Waals surface area contributed by atoms with E-state index in [2.05, 4.69) is 20.9 Å². The molecule has 0 unspecified atom stereocenters. The van der Waals surface area contributed by atoms with Gasteiger partial charge in [0.2, 0.25) is 0 Å². The number of unbranched alkanes of at least 4 members (excludes halogenated alkanes) is 2. The Bertz CT molecular complexity index is 803. The summed E-state index contributed by atoms with van der Waals surface area (Å²) in [6.45, 7) is 2.69. The summed E-state index contributed by atoms with van der Waals surface area (Å²) in [6, 6.07) is 10.0. The quantitative estimate of drug-likeness (QED) is 0.263. The van der Waals surface area contributed by atoms with Crippen LogP contribution in [0.25, 0.3) is 11.1 Å². The maximum atomic E-state index is 12.5. The minimum absolute atomic E-state index is 0.188. The molecule has 0 aliphatic carbocycles. The van der Waals surface area contributed by atoms with Crippen molar-refractivity contribution in [3.63, 3.8) is 0 Å². The van der Waals surface area contributed by atoms with Crippen molar-refractivity contribution in [2.24, 2.45) is 0 Å². The molecule has 1 aromatic heterocycles. The van der Waals surface area contributed by atoms with Crippen molar-refractivity contribution in [3.8, 4) is 11.1 Å². The molecule has 1 amide bonds. The number of hydrogen-bond donors (Lipinski definition) is 3. The maximum absolute atomic E-state index is 12.5. The van der Waals surface area contributed by atoms with Crippen LogP contribution in [0.2, 0.25) is 0 Å². The van der Waals surface area contributed by atoms with Gasteiger partial charge in [-0.05, 0) is 49.0 Å². The zero-order chi connectivity index (χ0) is 20.4. The lowest BCUT2D eigenvalue weighted by Crippen LogP contribution is -2.46. The van der Waals surface area contributed by atoms with Gasteiger partial charge >= 0.3 is 5.97 Å². The molecule has 150 valence electrons. The Hall–Kier alpha value is -2.45. The number of thiophene rings is 1. The zero-order valence-electron chi connectivity index (χ0n) is 16.0. The summed E-state index contributed by atoms with van der Waals surface area (Å²) in [5.41, 5.74) is 8.44. The maximum Gasteiger partial charge on any atom is 0.305 e. The van der Waals surface area contributed by atoms with Gasteiger partial charge in [0.05, 0.1) is 7.11 Å². The molecule has 0 radical (unpaired) electrons. The Morgan fingerprint density at radius 1 is 1.07 bits per heavy atom. The second-order valence-electron chi connectivity index (χ2n) is 6.25. The lowest BCUT2D eigenvalue weighted by molar-refractivity contribution is -0.140. The van der Waals surface area contributed by atoms with Crippen molar-refractivity contribution < 1.29 is 14.3 Å². The van der Waals surface area contributed by atoms with Gasteiger partial charge in [-0.25, -0.2) is 0 Å². The van der Waals surface area contributed by atoms with Crippen LogP contribution < -0.4 is 16.2 Å². The summed E-state index contributed by atoms with van der Waals surface area (Å²) >= 11 is 6.56. The molecule has 0 fully saturated rings. The summed E-state index contributed by atoms with van der Waals surface area (Å²) < 4.78 is 4.60. The largest absolute Gasteiger partial charge is 0.469 e. The number of methoxy groups -OCH3 is 1. The van der Waals surface area contributed by atoms with E-state index >= 15 is 0 Å². The highest BCUT2D eigenvalue weighted by Crippen LogP contribution is 2.28. The molecule has 0 aliphatic rings. The van der Waals surface area contributed by atoms with Gasteiger partial charge < -0.3 is 10.1 Å². The fraction of sp³-hybridized carbons (Fsp3) is 0.350. The molecule has 0 saturated carbocycles. The summed E-state index contributed by atoms with van der Waals surface area (Å²) in [7, 11) is 1.39. The van der Waals surface area contributed by atoms with Crippen molar-refractivity contribution in [1.29, 1.82) is 0 Å². The number of rotatable bonds is 8. The van der Waals surface area contributed by atoms with Crippen molar-refractivity contribution >= 4 is 40.5 Å². The van der Waals surface area contributed by atoms with E-state index in [4.69, 9.17) is 12.2 Å². The number of benzene rings is 1. The Labute approximate surface area is 174 Å². The van der Waals surface area contributed by atoms with Gasteiger partial charge in [-0.1, -0.05) is 36.2 Å². The van der Waals surface area contributed by atoms with E-state index in [9.17, 15) is 9.59 Å². The average molecular weight is 420 g/mol. The second-order valence-corrected chi connectivity index (χ2v) is 7.58. The molecule has 8 heteroatoms. The predicted molar refractivity (Wildman–Crippen MR) is 116 cm³/mol. The predicted octanol–water partition coefficient (Wildman–Crippen LogP) is 3.57. The van der Waals surface area contributed by atoms with Gasteiger partial charge in [0.25, 0.3) is 5.91 Å². The first-order valence-electron chi connectivity index (χ1n) is 9.07. The standard InChI is InChI=1S/C20H25N3O3S2/c1-14-7-9-15(10-8-14)16-11-13-28-18(16)19(25)22-23-20(27)21-12-5-3-4-6-17(24)26-2/h7-11,13H,3-6,12H2,1-2H3,(H,22,25)(H2,21,23,27). The molecule has 1 heterocycles. The normalized spacial score (nSPS) is 10.2. The molecule has 2 rings (SSSR count). The monoisotopic (exact) mass is 419 g/mol. The number of amides is 1. The number of thiocarbonyl (C=S) groups is 1. The van der Waals surface area contributed by atoms with E-state index in [1.807, 2.05) is 42.6 Å². The summed E-state index contributed by atoms with van der Waals surface area (Å²) in [5.74, 6) is -0.417. The van der Waals surface area contributed by atoms with Crippen LogP contribution >= 0.6 is 23.6 Å². The number of aryl methyl sites for hydroxylation is 1. The fourth-order valence-corrected chi connectivity index (χ4v) is 3.50. The molecule has 0 aliphatic heterocycles. The third-order valence-corrected chi connectivity index (χ3v) is 5.25. The van der Waals surface area contributed by atoms with Gasteiger partial charge in [-0.2, -0.15) is 0 Å². The number of hydrazine groups is 1. The van der Waals surface area contributed by atoms with Crippen LogP contribution in [0.1, 0.15) is 40.9 Å². The van der Waals surface area contributed by atoms with Gasteiger partial charge in [-0.15, -0.1) is 11.3 Å². The molecule has 0 bridgehead atoms. The summed E-state index contributed by atoms with van der Waals surface area (Å²) in [4.78, 5) is 24.1. The third-order valence-electron chi connectivity index (χ3n) is 4.09. The number of ether oxygens (including phenoxy) is 1. The van der Waals surface area contributed by atoms with Crippen LogP contribution in [0.15, 0.2) is 35.7 Å². The molecular weight excluding hydrogens is 394 g/mol. The summed E-state index contributed by atoms with van der Waals surface area (Å²) in [6.07, 6.45) is 2.98. The minimum atomic E-state index is -0.229. The van der Waals surface area contributed by atoms with Crippen LogP contribution in [-0.2, 0) is 9.53 Å². The van der Waals surface area contributed by atoms with Crippen LogP contribution in [0, 0.1) is 6.92 Å². The molecule has 6 nitrogen and oxygen atoms in total. The van der Waals surface area contributed by atoms with Crippen LogP contribution in [0.5, 0.6) is 0 Å². The topological polar surface area (TPSA) is 79.5 Å². The fourth-order valence-electron chi connectivity index (χ4n) is 2.54. The lowest BCUT2D eigenvalue weighted by atomic mass is 10.1. The summed E-state index contributed by atoms with van der Waals surface area (Å²) in [5, 5.41) is 5.28. The first-order valence-corrected chi connectivity index (χ1v) is 10.4. The Morgan fingerprint density at radius 3 is 2.54 bits per heavy atom. The highest BCUT2D eigenvalue weighted by Gasteiger charge is 2.14. The first-order chi connectivity index (χ1) is 13.5.